The van der Waals surface area contributed by atoms with E-state index in [1.165, 1.54) is 6.26 Å². The number of rotatable bonds is 6. The number of nitrogens with zero attached hydrogens (tertiary/aromatic N) is 3. The molecule has 0 radical (unpaired) electrons. The predicted octanol–water partition coefficient (Wildman–Crippen LogP) is 0.815. The maximum atomic E-state index is 12.1. The van der Waals surface area contributed by atoms with E-state index in [1.807, 2.05) is 24.3 Å². The third-order valence-electron chi connectivity index (χ3n) is 4.57. The Labute approximate surface area is 163 Å². The van der Waals surface area contributed by atoms with E-state index in [-0.39, 0.29) is 24.0 Å². The number of hydrogen-bond donors (Lipinski definition) is 3. The minimum Gasteiger partial charge on any atom is -0.446 e. The lowest BCUT2D eigenvalue weighted by Crippen LogP contribution is -2.44. The standard InChI is InChI=1S/C19H26N6O3/c1-13(20)19-23-16(12-28-19)18(27)21-11-17(26)22-14-3-5-15(6-4-14)25-9-7-24(2)8-10-25/h3-6,12-13H,7-11,20H2,1-2H3,(H,21,27)(H,22,26)/t13-/m0/s1. The summed E-state index contributed by atoms with van der Waals surface area (Å²) in [4.78, 5) is 32.7. The van der Waals surface area contributed by atoms with E-state index in [9.17, 15) is 9.59 Å². The number of anilines is 2. The van der Waals surface area contributed by atoms with Crippen molar-refractivity contribution >= 4 is 23.2 Å². The first-order valence-corrected chi connectivity index (χ1v) is 9.25. The average Bonchev–Trinajstić information content (AvgIpc) is 3.18. The molecule has 0 spiro atoms. The molecule has 2 amide bonds. The second-order valence-corrected chi connectivity index (χ2v) is 6.93. The summed E-state index contributed by atoms with van der Waals surface area (Å²) >= 11 is 0. The maximum Gasteiger partial charge on any atom is 0.273 e. The second kappa shape index (κ2) is 8.85. The summed E-state index contributed by atoms with van der Waals surface area (Å²) in [6, 6.07) is 7.30. The van der Waals surface area contributed by atoms with Gasteiger partial charge in [-0.25, -0.2) is 4.98 Å². The molecule has 0 aliphatic carbocycles. The molecule has 1 aliphatic rings. The smallest absolute Gasteiger partial charge is 0.273 e. The number of hydrogen-bond acceptors (Lipinski definition) is 7. The zero-order chi connectivity index (χ0) is 20.1. The molecule has 9 nitrogen and oxygen atoms in total. The summed E-state index contributed by atoms with van der Waals surface area (Å²) in [5.41, 5.74) is 7.55. The van der Waals surface area contributed by atoms with Crippen LogP contribution >= 0.6 is 0 Å². The second-order valence-electron chi connectivity index (χ2n) is 6.93. The minimum absolute atomic E-state index is 0.0941. The summed E-state index contributed by atoms with van der Waals surface area (Å²) in [5, 5.41) is 5.28. The van der Waals surface area contributed by atoms with Crippen LogP contribution in [0, 0.1) is 0 Å². The van der Waals surface area contributed by atoms with Gasteiger partial charge in [0.1, 0.15) is 6.26 Å². The average molecular weight is 386 g/mol. The molecule has 2 aromatic rings. The highest BCUT2D eigenvalue weighted by molar-refractivity contribution is 5.98. The molecule has 28 heavy (non-hydrogen) atoms. The van der Waals surface area contributed by atoms with Crippen LogP contribution in [0.5, 0.6) is 0 Å². The van der Waals surface area contributed by atoms with Gasteiger partial charge >= 0.3 is 0 Å². The number of carbonyl (C=O) groups is 2. The Bertz CT molecular complexity index is 809. The molecular formula is C19H26N6O3. The lowest BCUT2D eigenvalue weighted by molar-refractivity contribution is -0.115. The number of piperazine rings is 1. The highest BCUT2D eigenvalue weighted by Crippen LogP contribution is 2.19. The number of amides is 2. The molecule has 150 valence electrons. The first kappa shape index (κ1) is 19.8. The largest absolute Gasteiger partial charge is 0.446 e. The molecule has 1 aromatic carbocycles. The Morgan fingerprint density at radius 2 is 1.89 bits per heavy atom. The van der Waals surface area contributed by atoms with Crippen LogP contribution in [0.15, 0.2) is 34.9 Å². The summed E-state index contributed by atoms with van der Waals surface area (Å²) in [7, 11) is 2.12. The highest BCUT2D eigenvalue weighted by atomic mass is 16.3. The normalized spacial score (nSPS) is 15.9. The Morgan fingerprint density at radius 3 is 2.50 bits per heavy atom. The molecule has 1 fully saturated rings. The Balaban J connectivity index is 1.47. The van der Waals surface area contributed by atoms with E-state index < -0.39 is 11.9 Å². The van der Waals surface area contributed by atoms with Crippen LogP contribution in [0.2, 0.25) is 0 Å². The number of likely N-dealkylation sites (N-methyl/N-ethyl adjacent to an activating group) is 1. The van der Waals surface area contributed by atoms with Gasteiger partial charge in [0, 0.05) is 37.6 Å². The van der Waals surface area contributed by atoms with Crippen molar-refractivity contribution in [2.75, 3.05) is 50.0 Å². The van der Waals surface area contributed by atoms with E-state index in [4.69, 9.17) is 10.2 Å². The van der Waals surface area contributed by atoms with Gasteiger partial charge in [-0.05, 0) is 38.2 Å². The molecule has 9 heteroatoms. The molecular weight excluding hydrogens is 360 g/mol. The lowest BCUT2D eigenvalue weighted by atomic mass is 10.2. The van der Waals surface area contributed by atoms with Crippen LogP contribution in [0.1, 0.15) is 29.3 Å². The molecule has 1 saturated heterocycles. The highest BCUT2D eigenvalue weighted by Gasteiger charge is 2.16. The molecule has 1 atom stereocenters. The van der Waals surface area contributed by atoms with Gasteiger partial charge in [0.2, 0.25) is 11.8 Å². The summed E-state index contributed by atoms with van der Waals surface area (Å²) < 4.78 is 5.11. The van der Waals surface area contributed by atoms with Gasteiger partial charge < -0.3 is 30.6 Å². The van der Waals surface area contributed by atoms with Gasteiger partial charge in [-0.3, -0.25) is 9.59 Å². The number of aromatic nitrogens is 1. The molecule has 3 rings (SSSR count). The van der Waals surface area contributed by atoms with Crippen molar-refractivity contribution in [2.45, 2.75) is 13.0 Å². The summed E-state index contributed by atoms with van der Waals surface area (Å²) in [6.07, 6.45) is 1.23. The minimum atomic E-state index is -0.490. The van der Waals surface area contributed by atoms with E-state index in [1.54, 1.807) is 6.92 Å². The molecule has 1 aliphatic heterocycles. The monoisotopic (exact) mass is 386 g/mol. The van der Waals surface area contributed by atoms with Crippen LogP contribution < -0.4 is 21.3 Å². The predicted molar refractivity (Wildman–Crippen MR) is 106 cm³/mol. The van der Waals surface area contributed by atoms with Crippen LogP contribution in [0.3, 0.4) is 0 Å². The Morgan fingerprint density at radius 1 is 1.21 bits per heavy atom. The van der Waals surface area contributed by atoms with E-state index in [0.29, 0.717) is 5.69 Å². The molecule has 1 aromatic heterocycles. The quantitative estimate of drug-likeness (QED) is 0.673. The van der Waals surface area contributed by atoms with Crippen molar-refractivity contribution in [3.05, 3.63) is 42.1 Å². The van der Waals surface area contributed by atoms with Crippen LogP contribution in [-0.4, -0.2) is 61.5 Å². The third-order valence-corrected chi connectivity index (χ3v) is 4.57. The fourth-order valence-corrected chi connectivity index (χ4v) is 2.88. The van der Waals surface area contributed by atoms with Crippen molar-refractivity contribution < 1.29 is 14.0 Å². The van der Waals surface area contributed by atoms with Gasteiger partial charge in [-0.2, -0.15) is 0 Å². The molecule has 4 N–H and O–H groups in total. The topological polar surface area (TPSA) is 117 Å². The van der Waals surface area contributed by atoms with Crippen molar-refractivity contribution in [1.82, 2.24) is 15.2 Å². The molecule has 2 heterocycles. The van der Waals surface area contributed by atoms with Crippen molar-refractivity contribution in [1.29, 1.82) is 0 Å². The lowest BCUT2D eigenvalue weighted by Gasteiger charge is -2.34. The SMILES string of the molecule is C[C@H](N)c1nc(C(=O)NCC(=O)Nc2ccc(N3CCN(C)CC3)cc2)co1. The number of nitrogens with one attached hydrogen (secondary N) is 2. The molecule has 0 saturated carbocycles. The fourth-order valence-electron chi connectivity index (χ4n) is 2.88. The zero-order valence-corrected chi connectivity index (χ0v) is 16.1. The summed E-state index contributed by atoms with van der Waals surface area (Å²) in [5.74, 6) is -0.539. The van der Waals surface area contributed by atoms with Crippen LogP contribution in [-0.2, 0) is 4.79 Å². The third kappa shape index (κ3) is 5.08. The van der Waals surface area contributed by atoms with E-state index in [2.05, 4.69) is 32.5 Å². The molecule has 0 bridgehead atoms. The number of nitrogens with two attached hydrogens (primary N) is 1. The Hall–Kier alpha value is -2.91. The first-order chi connectivity index (χ1) is 13.4. The number of oxazole rings is 1. The van der Waals surface area contributed by atoms with Crippen molar-refractivity contribution in [3.8, 4) is 0 Å². The van der Waals surface area contributed by atoms with E-state index >= 15 is 0 Å². The van der Waals surface area contributed by atoms with Gasteiger partial charge in [-0.1, -0.05) is 0 Å². The van der Waals surface area contributed by atoms with Gasteiger partial charge in [0.05, 0.1) is 12.6 Å². The van der Waals surface area contributed by atoms with Crippen LogP contribution in [0.25, 0.3) is 0 Å². The summed E-state index contributed by atoms with van der Waals surface area (Å²) in [6.45, 7) is 5.59. The van der Waals surface area contributed by atoms with Crippen molar-refractivity contribution in [2.24, 2.45) is 5.73 Å². The number of carbonyl (C=O) groups excluding carboxylic acids is 2. The fraction of sp³-hybridized carbons (Fsp3) is 0.421. The van der Waals surface area contributed by atoms with Crippen molar-refractivity contribution in [3.63, 3.8) is 0 Å². The maximum absolute atomic E-state index is 12.1. The van der Waals surface area contributed by atoms with Gasteiger partial charge in [0.25, 0.3) is 5.91 Å². The van der Waals surface area contributed by atoms with Gasteiger partial charge in [0.15, 0.2) is 5.69 Å². The molecule has 0 unspecified atom stereocenters. The zero-order valence-electron chi connectivity index (χ0n) is 16.1. The van der Waals surface area contributed by atoms with Crippen LogP contribution in [0.4, 0.5) is 11.4 Å². The van der Waals surface area contributed by atoms with E-state index in [0.717, 1.165) is 31.9 Å². The first-order valence-electron chi connectivity index (χ1n) is 9.25. The number of benzene rings is 1. The Kier molecular flexibility index (Phi) is 6.27. The van der Waals surface area contributed by atoms with Gasteiger partial charge in [-0.15, -0.1) is 0 Å².